The van der Waals surface area contributed by atoms with Gasteiger partial charge in [0.1, 0.15) is 0 Å². The number of benzene rings is 4. The molecule has 2 fully saturated rings. The average Bonchev–Trinajstić information content (AvgIpc) is 3.39. The molecule has 1 saturated carbocycles. The zero-order valence-corrected chi connectivity index (χ0v) is 28.7. The Morgan fingerprint density at radius 1 is 0.837 bits per heavy atom. The van der Waals surface area contributed by atoms with Crippen LogP contribution in [0.2, 0.25) is 0 Å². The summed E-state index contributed by atoms with van der Waals surface area (Å²) in [6.45, 7) is 0. The summed E-state index contributed by atoms with van der Waals surface area (Å²) < 4.78 is 6.53. The topological polar surface area (TPSA) is 101 Å². The number of methoxy groups -OCH3 is 1. The number of ketones is 2. The fraction of sp³-hybridized carbons (Fsp3) is 0.220. The number of hydrogen-bond acceptors (Lipinski definition) is 6. The predicted octanol–water partition coefficient (Wildman–Crippen LogP) is 7.03. The number of rotatable bonds is 5. The van der Waals surface area contributed by atoms with E-state index in [1.807, 2.05) is 78.9 Å². The number of imide groups is 1. The predicted molar refractivity (Wildman–Crippen MR) is 193 cm³/mol. The van der Waals surface area contributed by atoms with Crippen molar-refractivity contribution in [3.63, 3.8) is 0 Å². The Morgan fingerprint density at radius 3 is 2.22 bits per heavy atom. The number of phenolic OH excluding ortho intramolecular Hbond substituents is 1. The van der Waals surface area contributed by atoms with Gasteiger partial charge in [0.25, 0.3) is 0 Å². The lowest BCUT2D eigenvalue weighted by atomic mass is 9.44. The molecule has 49 heavy (non-hydrogen) atoms. The normalized spacial score (nSPS) is 27.6. The summed E-state index contributed by atoms with van der Waals surface area (Å²) in [5.74, 6) is -4.01. The largest absolute Gasteiger partial charge is 0.504 e. The molecule has 0 aromatic heterocycles. The number of ether oxygens (including phenoxy) is 1. The molecule has 0 spiro atoms. The van der Waals surface area contributed by atoms with Gasteiger partial charge in [0.15, 0.2) is 23.1 Å². The monoisotopic (exact) mass is 761 g/mol. The summed E-state index contributed by atoms with van der Waals surface area (Å²) in [7, 11) is 1.47. The molecule has 244 valence electrons. The van der Waals surface area contributed by atoms with Crippen LogP contribution in [-0.2, 0) is 24.6 Å². The molecule has 1 heterocycles. The number of aromatic hydroxyl groups is 1. The number of phenols is 1. The maximum absolute atomic E-state index is 15.1. The minimum absolute atomic E-state index is 0.0522. The van der Waals surface area contributed by atoms with Crippen molar-refractivity contribution in [3.8, 4) is 11.5 Å². The van der Waals surface area contributed by atoms with Crippen LogP contribution in [0.15, 0.2) is 121 Å². The smallest absolute Gasteiger partial charge is 0.238 e. The van der Waals surface area contributed by atoms with E-state index in [1.165, 1.54) is 18.1 Å². The van der Waals surface area contributed by atoms with E-state index in [4.69, 9.17) is 4.74 Å². The van der Waals surface area contributed by atoms with Crippen molar-refractivity contribution in [3.05, 3.63) is 141 Å². The first kappa shape index (κ1) is 31.4. The third-order valence-corrected chi connectivity index (χ3v) is 11.7. The molecule has 4 aliphatic rings. The zero-order valence-electron chi connectivity index (χ0n) is 26.6. The van der Waals surface area contributed by atoms with Crippen LogP contribution in [0.25, 0.3) is 5.57 Å². The van der Waals surface area contributed by atoms with E-state index in [1.54, 1.807) is 30.3 Å². The number of anilines is 1. The summed E-state index contributed by atoms with van der Waals surface area (Å²) in [5.41, 5.74) is 2.42. The van der Waals surface area contributed by atoms with Crippen molar-refractivity contribution in [2.75, 3.05) is 12.0 Å². The summed E-state index contributed by atoms with van der Waals surface area (Å²) in [6.07, 6.45) is 4.09. The third kappa shape index (κ3) is 4.67. The molecule has 1 aliphatic heterocycles. The molecule has 1 saturated heterocycles. The second-order valence-electron chi connectivity index (χ2n) is 13.2. The first-order valence-electron chi connectivity index (χ1n) is 16.4. The number of amides is 2. The van der Waals surface area contributed by atoms with E-state index in [0.29, 0.717) is 34.4 Å². The van der Waals surface area contributed by atoms with Crippen molar-refractivity contribution in [1.82, 2.24) is 0 Å². The third-order valence-electron chi connectivity index (χ3n) is 11.0. The van der Waals surface area contributed by atoms with Gasteiger partial charge < -0.3 is 9.84 Å². The molecule has 0 bridgehead atoms. The van der Waals surface area contributed by atoms with E-state index in [9.17, 15) is 14.7 Å². The van der Waals surface area contributed by atoms with Crippen LogP contribution in [0.3, 0.4) is 0 Å². The Hall–Kier alpha value is -4.83. The second-order valence-corrected chi connectivity index (χ2v) is 14.5. The summed E-state index contributed by atoms with van der Waals surface area (Å²) >= 11 is 2.19. The van der Waals surface area contributed by atoms with Gasteiger partial charge in [0, 0.05) is 21.0 Å². The molecule has 8 heteroatoms. The van der Waals surface area contributed by atoms with Crippen molar-refractivity contribution in [2.45, 2.75) is 24.2 Å². The van der Waals surface area contributed by atoms with Crippen molar-refractivity contribution in [2.24, 2.45) is 23.7 Å². The Labute approximate surface area is 297 Å². The van der Waals surface area contributed by atoms with Crippen LogP contribution in [-0.4, -0.2) is 35.6 Å². The number of hydrogen-bond donors (Lipinski definition) is 1. The first-order chi connectivity index (χ1) is 23.7. The standard InChI is InChI=1S/C41H32INO6/c1-49-34-20-24(12-19-33(34)44)37-28-17-18-29-36(40(48)43(39(29)47)27-15-13-26(42)14-16-27)31(28)21-32-38(46)30(23-8-4-2-5-9-23)22-35(45)41(32,37)25-10-6-3-7-11-25/h2-17,19-20,22,29,31-32,36-37,44H,18,21H2,1H3. The minimum atomic E-state index is -1.35. The number of Topliss-reactive ketones (excluding diaryl/α,β-unsaturated/α-hetero) is 1. The Kier molecular flexibility index (Phi) is 7.66. The SMILES string of the molecule is COc1cc(C2C3=CCC4C(=O)N(c5ccc(I)cc5)C(=O)C4C3CC3C(=O)C(c4ccccc4)=CC(=O)C32c2ccccc2)ccc1O. The van der Waals surface area contributed by atoms with Crippen molar-refractivity contribution in [1.29, 1.82) is 0 Å². The van der Waals surface area contributed by atoms with Crippen LogP contribution in [0, 0.1) is 27.2 Å². The van der Waals surface area contributed by atoms with Crippen molar-refractivity contribution < 1.29 is 29.0 Å². The highest BCUT2D eigenvalue weighted by atomic mass is 127. The van der Waals surface area contributed by atoms with Crippen LogP contribution in [0.4, 0.5) is 5.69 Å². The number of fused-ring (bicyclic) bond motifs is 4. The second kappa shape index (κ2) is 11.9. The maximum Gasteiger partial charge on any atom is 0.238 e. The lowest BCUT2D eigenvalue weighted by Gasteiger charge is -2.55. The molecule has 6 unspecified atom stereocenters. The Morgan fingerprint density at radius 2 is 1.53 bits per heavy atom. The van der Waals surface area contributed by atoms with Crippen LogP contribution < -0.4 is 9.64 Å². The number of halogens is 1. The number of carbonyl (C=O) groups is 4. The zero-order chi connectivity index (χ0) is 34.0. The van der Waals surface area contributed by atoms with Gasteiger partial charge in [-0.1, -0.05) is 78.4 Å². The highest BCUT2D eigenvalue weighted by molar-refractivity contribution is 14.1. The molecule has 6 atom stereocenters. The fourth-order valence-electron chi connectivity index (χ4n) is 8.97. The van der Waals surface area contributed by atoms with Gasteiger partial charge in [-0.2, -0.15) is 0 Å². The lowest BCUT2D eigenvalue weighted by molar-refractivity contribution is -0.135. The van der Waals surface area contributed by atoms with E-state index in [0.717, 1.165) is 9.14 Å². The van der Waals surface area contributed by atoms with E-state index in [2.05, 4.69) is 22.6 Å². The van der Waals surface area contributed by atoms with Crippen LogP contribution in [0.1, 0.15) is 35.4 Å². The molecular weight excluding hydrogens is 729 g/mol. The average molecular weight is 762 g/mol. The molecule has 2 amide bonds. The molecular formula is C41H32INO6. The van der Waals surface area contributed by atoms with Gasteiger partial charge >= 0.3 is 0 Å². The highest BCUT2D eigenvalue weighted by Gasteiger charge is 2.66. The Bertz CT molecular complexity index is 2090. The van der Waals surface area contributed by atoms with E-state index < -0.39 is 35.0 Å². The van der Waals surface area contributed by atoms with E-state index in [-0.39, 0.29) is 41.3 Å². The van der Waals surface area contributed by atoms with Gasteiger partial charge in [0.2, 0.25) is 11.8 Å². The lowest BCUT2D eigenvalue weighted by Crippen LogP contribution is -2.58. The highest BCUT2D eigenvalue weighted by Crippen LogP contribution is 2.64. The molecule has 1 N–H and O–H groups in total. The van der Waals surface area contributed by atoms with E-state index >= 15 is 9.59 Å². The van der Waals surface area contributed by atoms with Crippen molar-refractivity contribution >= 4 is 57.2 Å². The summed E-state index contributed by atoms with van der Waals surface area (Å²) in [5, 5.41) is 10.6. The van der Waals surface area contributed by atoms with Crippen LogP contribution >= 0.6 is 22.6 Å². The fourth-order valence-corrected chi connectivity index (χ4v) is 9.33. The van der Waals surface area contributed by atoms with Gasteiger partial charge in [-0.05, 0) is 101 Å². The molecule has 4 aromatic carbocycles. The summed E-state index contributed by atoms with van der Waals surface area (Å²) in [6, 6.07) is 31.0. The Balaban J connectivity index is 1.36. The number of allylic oxidation sites excluding steroid dienone is 4. The number of carbonyl (C=O) groups excluding carboxylic acids is 4. The number of nitrogens with zero attached hydrogens (tertiary/aromatic N) is 1. The van der Waals surface area contributed by atoms with Gasteiger partial charge in [-0.25, -0.2) is 0 Å². The minimum Gasteiger partial charge on any atom is -0.504 e. The molecule has 0 radical (unpaired) electrons. The van der Waals surface area contributed by atoms with Gasteiger partial charge in [-0.15, -0.1) is 0 Å². The maximum atomic E-state index is 15.1. The molecule has 8 rings (SSSR count). The van der Waals surface area contributed by atoms with Gasteiger partial charge in [0.05, 0.1) is 30.0 Å². The van der Waals surface area contributed by atoms with Crippen LogP contribution in [0.5, 0.6) is 11.5 Å². The summed E-state index contributed by atoms with van der Waals surface area (Å²) in [4.78, 5) is 59.9. The quantitative estimate of drug-likeness (QED) is 0.133. The van der Waals surface area contributed by atoms with Gasteiger partial charge in [-0.3, -0.25) is 24.1 Å². The molecule has 3 aliphatic carbocycles. The molecule has 7 nitrogen and oxygen atoms in total. The molecule has 4 aromatic rings. The first-order valence-corrected chi connectivity index (χ1v) is 17.4.